The number of carbonyl (C=O) groups excluding carboxylic acids is 2. The molecule has 1 aliphatic heterocycles. The summed E-state index contributed by atoms with van der Waals surface area (Å²) in [6.45, 7) is 0.0326. The van der Waals surface area contributed by atoms with E-state index in [2.05, 4.69) is 0 Å². The molecule has 2 aromatic rings. The Morgan fingerprint density at radius 3 is 2.00 bits per heavy atom. The molecule has 1 heterocycles. The van der Waals surface area contributed by atoms with Gasteiger partial charge in [0.2, 0.25) is 0 Å². The van der Waals surface area contributed by atoms with Crippen LogP contribution in [0.15, 0.2) is 52.3 Å². The molecule has 3 rings (SSSR count). The van der Waals surface area contributed by atoms with Gasteiger partial charge in [0.05, 0.1) is 16.8 Å². The molecule has 8 N–H and O–H groups in total. The number of hydrogen-bond donors (Lipinski definition) is 5. The van der Waals surface area contributed by atoms with Crippen molar-refractivity contribution in [2.75, 3.05) is 0 Å². The van der Waals surface area contributed by atoms with Gasteiger partial charge in [0, 0.05) is 4.90 Å². The van der Waals surface area contributed by atoms with E-state index in [9.17, 15) is 29.4 Å². The normalized spacial score (nSPS) is 15.2. The molecule has 2 amide bonds. The number of nitrogens with two attached hydrogens (primary N) is 3. The summed E-state index contributed by atoms with van der Waals surface area (Å²) in [5.74, 6) is -3.23. The molecular weight excluding hydrogens is 414 g/mol. The first-order valence-electron chi connectivity index (χ1n) is 8.36. The number of carbonyl (C=O) groups is 4. The van der Waals surface area contributed by atoms with E-state index in [0.29, 0.717) is 0 Å². The molecule has 0 fully saturated rings. The minimum absolute atomic E-state index is 0.00743. The highest BCUT2D eigenvalue weighted by atomic mass is 32.3. The van der Waals surface area contributed by atoms with Crippen LogP contribution in [0.1, 0.15) is 21.5 Å². The maximum atomic E-state index is 12.4. The Morgan fingerprint density at radius 1 is 0.900 bits per heavy atom. The van der Waals surface area contributed by atoms with Gasteiger partial charge in [-0.2, -0.15) is 0 Å². The smallest absolute Gasteiger partial charge is 0.344 e. The van der Waals surface area contributed by atoms with E-state index >= 15 is 0 Å². The number of aromatic carboxylic acids is 1. The van der Waals surface area contributed by atoms with Crippen LogP contribution in [0.5, 0.6) is 5.75 Å². The van der Waals surface area contributed by atoms with Crippen molar-refractivity contribution < 1.29 is 34.1 Å². The minimum Gasteiger partial charge on any atom is -0.488 e. The molecule has 0 saturated heterocycles. The number of benzene rings is 2. The zero-order valence-electron chi connectivity index (χ0n) is 15.3. The van der Waals surface area contributed by atoms with Crippen molar-refractivity contribution in [2.24, 2.45) is 17.2 Å². The van der Waals surface area contributed by atoms with Crippen molar-refractivity contribution in [1.29, 1.82) is 0 Å². The Balaban J connectivity index is 2.32. The number of carboxylic acid groups (broad SMARTS) is 2. The van der Waals surface area contributed by atoms with Gasteiger partial charge in [0.1, 0.15) is 17.3 Å². The van der Waals surface area contributed by atoms with Gasteiger partial charge in [0.25, 0.3) is 10.5 Å². The number of fused-ring (bicyclic) bond motifs is 1. The number of carboxylic acids is 2. The Morgan fingerprint density at radius 2 is 1.50 bits per heavy atom. The quantitative estimate of drug-likeness (QED) is 0.473. The van der Waals surface area contributed by atoms with Crippen molar-refractivity contribution >= 4 is 38.1 Å². The maximum absolute atomic E-state index is 12.4. The number of amides is 2. The Hall–Kier alpha value is -3.99. The molecule has 0 unspecified atom stereocenters. The van der Waals surface area contributed by atoms with Crippen molar-refractivity contribution in [2.45, 2.75) is 11.5 Å². The fourth-order valence-electron chi connectivity index (χ4n) is 3.29. The van der Waals surface area contributed by atoms with Gasteiger partial charge >= 0.3 is 11.9 Å². The lowest BCUT2D eigenvalue weighted by Gasteiger charge is -2.31. The van der Waals surface area contributed by atoms with Crippen molar-refractivity contribution in [1.82, 2.24) is 0 Å². The lowest BCUT2D eigenvalue weighted by Crippen LogP contribution is -2.33. The Bertz CT molecular complexity index is 1110. The number of hydrogen-bond acceptors (Lipinski definition) is 6. The van der Waals surface area contributed by atoms with Gasteiger partial charge in [-0.15, -0.1) is 0 Å². The molecule has 0 aromatic heterocycles. The van der Waals surface area contributed by atoms with Crippen LogP contribution < -0.4 is 21.9 Å². The van der Waals surface area contributed by atoms with E-state index in [-0.39, 0.29) is 17.9 Å². The summed E-state index contributed by atoms with van der Waals surface area (Å²) in [4.78, 5) is 47.4. The van der Waals surface area contributed by atoms with Crippen molar-refractivity contribution in [3.05, 3.63) is 64.1 Å². The maximum Gasteiger partial charge on any atom is 0.344 e. The molecule has 10 nitrogen and oxygen atoms in total. The number of rotatable bonds is 5. The van der Waals surface area contributed by atoms with Crippen LogP contribution in [-0.2, 0) is 11.4 Å². The van der Waals surface area contributed by atoms with Gasteiger partial charge in [-0.25, -0.2) is 9.59 Å². The first-order valence-corrected chi connectivity index (χ1v) is 10.00. The third-order valence-electron chi connectivity index (χ3n) is 4.51. The first kappa shape index (κ1) is 20.7. The fraction of sp³-hybridized carbons (Fsp3) is 0.0526. The fourth-order valence-corrected chi connectivity index (χ4v) is 6.19. The average molecular weight is 431 g/mol. The van der Waals surface area contributed by atoms with Gasteiger partial charge in [-0.05, 0) is 27.7 Å². The Kier molecular flexibility index (Phi) is 5.15. The minimum atomic E-state index is -3.95. The molecule has 2 aromatic carbocycles. The predicted octanol–water partition coefficient (Wildman–Crippen LogP) is 2.01. The molecule has 0 atom stereocenters. The standard InChI is InChI=1S/C19H17N3O7S/c20-13-12-11(29-8-9-4-2-1-3-5-9)7-6-10(16(23)24)14(12)30(18(21)27,19(22)28)15(13)17(25)26/h1-7H,8,20H2,(H2,21,27)(H2,22,28)(H,23,24)(H,25,26). The lowest BCUT2D eigenvalue weighted by atomic mass is 10.1. The van der Waals surface area contributed by atoms with E-state index in [1.807, 2.05) is 0 Å². The zero-order chi connectivity index (χ0) is 22.2. The summed E-state index contributed by atoms with van der Waals surface area (Å²) < 4.78 is 5.73. The average Bonchev–Trinajstić information content (AvgIpc) is 2.97. The van der Waals surface area contributed by atoms with Gasteiger partial charge in [-0.3, -0.25) is 9.59 Å². The van der Waals surface area contributed by atoms with Crippen molar-refractivity contribution in [3.8, 4) is 5.75 Å². The summed E-state index contributed by atoms with van der Waals surface area (Å²) in [5.41, 5.74) is 16.5. The second-order valence-corrected chi connectivity index (χ2v) is 9.04. The number of primary amides is 2. The SMILES string of the molecule is NC(=O)S1(C(N)=O)C(C(=O)O)=C(N)c2c(OCc3ccccc3)ccc(C(=O)O)c21. The summed E-state index contributed by atoms with van der Waals surface area (Å²) in [5, 5.41) is 16.6. The van der Waals surface area contributed by atoms with Gasteiger partial charge in [-0.1, -0.05) is 30.3 Å². The number of ether oxygens (including phenoxy) is 1. The molecule has 1 aliphatic rings. The summed E-state index contributed by atoms with van der Waals surface area (Å²) in [6, 6.07) is 11.3. The molecule has 0 aliphatic carbocycles. The lowest BCUT2D eigenvalue weighted by molar-refractivity contribution is -0.131. The van der Waals surface area contributed by atoms with E-state index in [4.69, 9.17) is 21.9 Å². The van der Waals surface area contributed by atoms with Gasteiger partial charge in [0.15, 0.2) is 0 Å². The highest BCUT2D eigenvalue weighted by molar-refractivity contribution is 8.58. The van der Waals surface area contributed by atoms with Crippen molar-refractivity contribution in [3.63, 3.8) is 0 Å². The van der Waals surface area contributed by atoms with E-state index in [0.717, 1.165) is 11.6 Å². The number of aliphatic carboxylic acids is 1. The highest BCUT2D eigenvalue weighted by Crippen LogP contribution is 2.71. The third kappa shape index (κ3) is 2.92. The molecule has 0 spiro atoms. The monoisotopic (exact) mass is 431 g/mol. The topological polar surface area (TPSA) is 196 Å². The molecule has 30 heavy (non-hydrogen) atoms. The van der Waals surface area contributed by atoms with Crippen LogP contribution in [0.4, 0.5) is 9.59 Å². The van der Waals surface area contributed by atoms with E-state index < -0.39 is 53.5 Å². The van der Waals surface area contributed by atoms with Crippen LogP contribution >= 0.6 is 10.0 Å². The van der Waals surface area contributed by atoms with Gasteiger partial charge < -0.3 is 32.2 Å². The molecular formula is C19H17N3O7S. The van der Waals surface area contributed by atoms with Crippen LogP contribution in [0.3, 0.4) is 0 Å². The molecule has 0 saturated carbocycles. The summed E-state index contributed by atoms with van der Waals surface area (Å²) >= 11 is 0. The summed E-state index contributed by atoms with van der Waals surface area (Å²) in [7, 11) is -3.95. The third-order valence-corrected chi connectivity index (χ3v) is 7.76. The second-order valence-electron chi connectivity index (χ2n) is 6.19. The predicted molar refractivity (Wildman–Crippen MR) is 108 cm³/mol. The summed E-state index contributed by atoms with van der Waals surface area (Å²) in [6.07, 6.45) is 0. The van der Waals surface area contributed by atoms with Crippen LogP contribution in [0, 0.1) is 0 Å². The zero-order valence-corrected chi connectivity index (χ0v) is 16.1. The van der Waals surface area contributed by atoms with Crippen LogP contribution in [-0.4, -0.2) is 32.6 Å². The van der Waals surface area contributed by atoms with E-state index in [1.54, 1.807) is 30.3 Å². The van der Waals surface area contributed by atoms with Crippen LogP contribution in [0.25, 0.3) is 5.70 Å². The largest absolute Gasteiger partial charge is 0.488 e. The molecule has 156 valence electrons. The first-order chi connectivity index (χ1) is 14.1. The Labute approximate surface area is 171 Å². The molecule has 11 heteroatoms. The molecule has 0 radical (unpaired) electrons. The molecule has 0 bridgehead atoms. The van der Waals surface area contributed by atoms with Crippen LogP contribution in [0.2, 0.25) is 0 Å². The second kappa shape index (κ2) is 7.44. The van der Waals surface area contributed by atoms with E-state index in [1.165, 1.54) is 6.07 Å². The highest BCUT2D eigenvalue weighted by Gasteiger charge is 2.55.